The molecule has 0 bridgehead atoms. The Kier molecular flexibility index (Phi) is 3.87. The molecule has 1 aromatic heterocycles. The molecule has 0 aliphatic heterocycles. The molecule has 4 nitrogen and oxygen atoms in total. The molecular formula is C17H25N3O. The normalized spacial score (nSPS) is 17.9. The van der Waals surface area contributed by atoms with Crippen LogP contribution in [0.4, 0.5) is 5.82 Å². The van der Waals surface area contributed by atoms with Gasteiger partial charge < -0.3 is 10.2 Å². The molecule has 2 aliphatic carbocycles. The molecule has 1 heterocycles. The van der Waals surface area contributed by atoms with Gasteiger partial charge in [0.15, 0.2) is 0 Å². The summed E-state index contributed by atoms with van der Waals surface area (Å²) in [5.41, 5.74) is 1.76. The molecule has 0 atom stereocenters. The van der Waals surface area contributed by atoms with Crippen molar-refractivity contribution in [1.82, 2.24) is 9.88 Å². The van der Waals surface area contributed by atoms with Crippen LogP contribution in [0.3, 0.4) is 0 Å². The number of aromatic nitrogens is 1. The number of nitrogens with zero attached hydrogens (tertiary/aromatic N) is 2. The molecule has 2 saturated carbocycles. The summed E-state index contributed by atoms with van der Waals surface area (Å²) in [4.78, 5) is 19.6. The highest BCUT2D eigenvalue weighted by molar-refractivity contribution is 5.95. The van der Waals surface area contributed by atoms with Crippen LogP contribution in [0, 0.1) is 5.92 Å². The lowest BCUT2D eigenvalue weighted by Crippen LogP contribution is -2.35. The first-order valence-corrected chi connectivity index (χ1v) is 8.09. The summed E-state index contributed by atoms with van der Waals surface area (Å²) >= 11 is 0. The van der Waals surface area contributed by atoms with Crippen molar-refractivity contribution >= 4 is 11.7 Å². The topological polar surface area (TPSA) is 45.2 Å². The van der Waals surface area contributed by atoms with E-state index >= 15 is 0 Å². The van der Waals surface area contributed by atoms with Crippen LogP contribution in [0.5, 0.6) is 0 Å². The Hall–Kier alpha value is -1.58. The van der Waals surface area contributed by atoms with Crippen molar-refractivity contribution in [3.05, 3.63) is 23.4 Å². The van der Waals surface area contributed by atoms with Gasteiger partial charge in [-0.05, 0) is 49.7 Å². The third-order valence-electron chi connectivity index (χ3n) is 4.34. The van der Waals surface area contributed by atoms with Crippen molar-refractivity contribution in [2.45, 2.75) is 51.5 Å². The molecule has 0 spiro atoms. The van der Waals surface area contributed by atoms with Gasteiger partial charge in [0.05, 0.1) is 0 Å². The zero-order valence-electron chi connectivity index (χ0n) is 13.2. The standard InChI is InChI=1S/C17H25N3O/c1-11(2)15-8-13(9-16(18-3)19-15)17(21)20(14-6-7-14)10-12-4-5-12/h8-9,11-12,14H,4-7,10H2,1-3H3,(H,18,19). The van der Waals surface area contributed by atoms with Crippen LogP contribution in [-0.4, -0.2) is 35.4 Å². The highest BCUT2D eigenvalue weighted by Gasteiger charge is 2.37. The fraction of sp³-hybridized carbons (Fsp3) is 0.647. The quantitative estimate of drug-likeness (QED) is 0.873. The zero-order valence-corrected chi connectivity index (χ0v) is 13.2. The first-order valence-electron chi connectivity index (χ1n) is 8.09. The molecule has 2 aliphatic rings. The van der Waals surface area contributed by atoms with Crippen molar-refractivity contribution in [2.75, 3.05) is 18.9 Å². The maximum atomic E-state index is 12.9. The van der Waals surface area contributed by atoms with Crippen molar-refractivity contribution in [3.8, 4) is 0 Å². The molecule has 2 fully saturated rings. The van der Waals surface area contributed by atoms with Crippen molar-refractivity contribution < 1.29 is 4.79 Å². The summed E-state index contributed by atoms with van der Waals surface area (Å²) in [7, 11) is 1.85. The van der Waals surface area contributed by atoms with E-state index in [0.29, 0.717) is 12.0 Å². The van der Waals surface area contributed by atoms with E-state index in [4.69, 9.17) is 0 Å². The monoisotopic (exact) mass is 287 g/mol. The zero-order chi connectivity index (χ0) is 15.0. The summed E-state index contributed by atoms with van der Waals surface area (Å²) in [6, 6.07) is 4.33. The summed E-state index contributed by atoms with van der Waals surface area (Å²) < 4.78 is 0. The maximum Gasteiger partial charge on any atom is 0.254 e. The van der Waals surface area contributed by atoms with E-state index in [-0.39, 0.29) is 5.91 Å². The largest absolute Gasteiger partial charge is 0.373 e. The lowest BCUT2D eigenvalue weighted by Gasteiger charge is -2.23. The Morgan fingerprint density at radius 2 is 2.05 bits per heavy atom. The minimum absolute atomic E-state index is 0.185. The first kappa shape index (κ1) is 14.4. The van der Waals surface area contributed by atoms with Gasteiger partial charge in [-0.25, -0.2) is 4.98 Å². The van der Waals surface area contributed by atoms with Crippen molar-refractivity contribution in [3.63, 3.8) is 0 Å². The van der Waals surface area contributed by atoms with Gasteiger partial charge in [-0.15, -0.1) is 0 Å². The highest BCUT2D eigenvalue weighted by atomic mass is 16.2. The predicted octanol–water partition coefficient (Wildman–Crippen LogP) is 3.26. The molecule has 1 N–H and O–H groups in total. The van der Waals surface area contributed by atoms with Crippen molar-refractivity contribution in [1.29, 1.82) is 0 Å². The molecule has 0 saturated heterocycles. The molecular weight excluding hydrogens is 262 g/mol. The number of carbonyl (C=O) groups is 1. The Balaban J connectivity index is 1.85. The molecule has 1 aromatic rings. The van der Waals surface area contributed by atoms with Gasteiger partial charge in [0, 0.05) is 30.9 Å². The van der Waals surface area contributed by atoms with Gasteiger partial charge in [0.1, 0.15) is 5.82 Å². The van der Waals surface area contributed by atoms with Crippen LogP contribution in [0.15, 0.2) is 12.1 Å². The second kappa shape index (κ2) is 5.66. The van der Waals surface area contributed by atoms with Gasteiger partial charge in [0.2, 0.25) is 0 Å². The van der Waals surface area contributed by atoms with Crippen LogP contribution >= 0.6 is 0 Å². The number of hydrogen-bond donors (Lipinski definition) is 1. The summed E-state index contributed by atoms with van der Waals surface area (Å²) in [5.74, 6) is 2.03. The number of amides is 1. The highest BCUT2D eigenvalue weighted by Crippen LogP contribution is 2.36. The minimum Gasteiger partial charge on any atom is -0.373 e. The summed E-state index contributed by atoms with van der Waals surface area (Å²) in [6.45, 7) is 5.16. The van der Waals surface area contributed by atoms with Gasteiger partial charge in [-0.3, -0.25) is 4.79 Å². The predicted molar refractivity (Wildman–Crippen MR) is 84.7 cm³/mol. The second-order valence-corrected chi connectivity index (χ2v) is 6.70. The van der Waals surface area contributed by atoms with Gasteiger partial charge in [0.25, 0.3) is 5.91 Å². The number of nitrogens with one attached hydrogen (secondary N) is 1. The fourth-order valence-electron chi connectivity index (χ4n) is 2.63. The minimum atomic E-state index is 0.185. The number of rotatable bonds is 6. The Labute approximate surface area is 126 Å². The SMILES string of the molecule is CNc1cc(C(=O)N(CC2CC2)C2CC2)cc(C(C)C)n1. The van der Waals surface area contributed by atoms with Crippen LogP contribution in [-0.2, 0) is 0 Å². The number of pyridine rings is 1. The summed E-state index contributed by atoms with van der Waals surface area (Å²) in [5, 5.41) is 3.07. The average Bonchev–Trinajstić information content (AvgIpc) is 3.36. The smallest absolute Gasteiger partial charge is 0.254 e. The molecule has 0 aromatic carbocycles. The van der Waals surface area contributed by atoms with E-state index in [2.05, 4.69) is 29.0 Å². The third kappa shape index (κ3) is 3.36. The molecule has 1 amide bonds. The molecule has 3 rings (SSSR count). The van der Waals surface area contributed by atoms with E-state index in [0.717, 1.165) is 29.5 Å². The van der Waals surface area contributed by atoms with Crippen LogP contribution in [0.1, 0.15) is 61.5 Å². The number of hydrogen-bond acceptors (Lipinski definition) is 3. The van der Waals surface area contributed by atoms with Crippen LogP contribution in [0.2, 0.25) is 0 Å². The van der Waals surface area contributed by atoms with E-state index in [1.165, 1.54) is 25.7 Å². The fourth-order valence-corrected chi connectivity index (χ4v) is 2.63. The van der Waals surface area contributed by atoms with Crippen molar-refractivity contribution in [2.24, 2.45) is 5.92 Å². The van der Waals surface area contributed by atoms with E-state index in [9.17, 15) is 4.79 Å². The Morgan fingerprint density at radius 3 is 2.57 bits per heavy atom. The maximum absolute atomic E-state index is 12.9. The summed E-state index contributed by atoms with van der Waals surface area (Å²) in [6.07, 6.45) is 4.90. The van der Waals surface area contributed by atoms with Gasteiger partial charge >= 0.3 is 0 Å². The first-order chi connectivity index (χ1) is 10.1. The lowest BCUT2D eigenvalue weighted by atomic mass is 10.1. The van der Waals surface area contributed by atoms with E-state index in [1.807, 2.05) is 19.2 Å². The van der Waals surface area contributed by atoms with Crippen LogP contribution in [0.25, 0.3) is 0 Å². The molecule has 21 heavy (non-hydrogen) atoms. The second-order valence-electron chi connectivity index (χ2n) is 6.70. The third-order valence-corrected chi connectivity index (χ3v) is 4.34. The van der Waals surface area contributed by atoms with Gasteiger partial charge in [-0.1, -0.05) is 13.8 Å². The molecule has 4 heteroatoms. The number of carbonyl (C=O) groups excluding carboxylic acids is 1. The number of anilines is 1. The van der Waals surface area contributed by atoms with Gasteiger partial charge in [-0.2, -0.15) is 0 Å². The molecule has 0 radical (unpaired) electrons. The van der Waals surface area contributed by atoms with E-state index < -0.39 is 0 Å². The molecule has 114 valence electrons. The lowest BCUT2D eigenvalue weighted by molar-refractivity contribution is 0.0734. The van der Waals surface area contributed by atoms with Crippen LogP contribution < -0.4 is 5.32 Å². The molecule has 0 unspecified atom stereocenters. The average molecular weight is 287 g/mol. The Bertz CT molecular complexity index is 533. The van der Waals surface area contributed by atoms with E-state index in [1.54, 1.807) is 0 Å². The Morgan fingerprint density at radius 1 is 1.33 bits per heavy atom.